The standard InChI is InChI=1S/C21H27N3O3S/c1-15-4-5-17(9-8-16-6-7-16)10-18(15)28(25)19(24-22)11-23-12-20-26-13-21(2,3)14-27-20/h4-5,10-11,16,20H,6-7,12-14,22H2,1-3H3/b23-11?,24-19+. The number of nitrogens with zero attached hydrogens (tertiary/aromatic N) is 2. The fourth-order valence-electron chi connectivity index (χ4n) is 2.58. The van der Waals surface area contributed by atoms with Crippen molar-refractivity contribution in [3.63, 3.8) is 0 Å². The van der Waals surface area contributed by atoms with Crippen LogP contribution in [0.25, 0.3) is 0 Å². The van der Waals surface area contributed by atoms with Crippen LogP contribution in [0.1, 0.15) is 37.8 Å². The van der Waals surface area contributed by atoms with Gasteiger partial charge in [0.05, 0.1) is 26.0 Å². The van der Waals surface area contributed by atoms with Gasteiger partial charge in [-0.25, -0.2) is 4.21 Å². The van der Waals surface area contributed by atoms with Crippen LogP contribution < -0.4 is 5.84 Å². The molecular formula is C21H27N3O3S. The molecule has 0 aromatic heterocycles. The second-order valence-corrected chi connectivity index (χ2v) is 9.37. The first-order chi connectivity index (χ1) is 13.4. The predicted molar refractivity (Wildman–Crippen MR) is 112 cm³/mol. The van der Waals surface area contributed by atoms with Crippen molar-refractivity contribution in [3.8, 4) is 11.8 Å². The van der Waals surface area contributed by atoms with Gasteiger partial charge >= 0.3 is 0 Å². The molecule has 1 heterocycles. The molecule has 150 valence electrons. The number of hydrogen-bond acceptors (Lipinski definition) is 6. The van der Waals surface area contributed by atoms with E-state index in [-0.39, 0.29) is 10.5 Å². The molecule has 0 radical (unpaired) electrons. The summed E-state index contributed by atoms with van der Waals surface area (Å²) in [5.41, 5.74) is 1.75. The highest BCUT2D eigenvalue weighted by molar-refractivity contribution is 8.02. The summed E-state index contributed by atoms with van der Waals surface area (Å²) in [5.74, 6) is 12.4. The van der Waals surface area contributed by atoms with Gasteiger partial charge in [0, 0.05) is 21.8 Å². The molecule has 2 N–H and O–H groups in total. The van der Waals surface area contributed by atoms with Crippen LogP contribution in [0.3, 0.4) is 0 Å². The minimum Gasteiger partial charge on any atom is -0.350 e. The van der Waals surface area contributed by atoms with E-state index in [9.17, 15) is 4.21 Å². The molecule has 1 aromatic rings. The molecule has 6 nitrogen and oxygen atoms in total. The molecule has 0 spiro atoms. The summed E-state index contributed by atoms with van der Waals surface area (Å²) in [7, 11) is -1.53. The Bertz CT molecular complexity index is 853. The van der Waals surface area contributed by atoms with Crippen molar-refractivity contribution in [1.82, 2.24) is 0 Å². The summed E-state index contributed by atoms with van der Waals surface area (Å²) < 4.78 is 24.2. The molecule has 2 aliphatic rings. The summed E-state index contributed by atoms with van der Waals surface area (Å²) in [5, 5.41) is 3.88. The van der Waals surface area contributed by atoms with Crippen LogP contribution in [0.4, 0.5) is 0 Å². The summed E-state index contributed by atoms with van der Waals surface area (Å²) in [6, 6.07) is 5.70. The lowest BCUT2D eigenvalue weighted by atomic mass is 9.96. The van der Waals surface area contributed by atoms with Crippen molar-refractivity contribution in [1.29, 1.82) is 0 Å². The van der Waals surface area contributed by atoms with E-state index in [2.05, 4.69) is 35.8 Å². The van der Waals surface area contributed by atoms with Crippen LogP contribution in [-0.2, 0) is 20.3 Å². The average molecular weight is 402 g/mol. The normalized spacial score (nSPS) is 21.3. The van der Waals surface area contributed by atoms with Crippen LogP contribution in [0.15, 0.2) is 33.2 Å². The highest BCUT2D eigenvalue weighted by atomic mass is 32.2. The Morgan fingerprint density at radius 3 is 2.71 bits per heavy atom. The molecule has 2 fully saturated rings. The number of hydrogen-bond donors (Lipinski definition) is 1. The summed E-state index contributed by atoms with van der Waals surface area (Å²) in [4.78, 5) is 4.92. The molecule has 1 aliphatic carbocycles. The Kier molecular flexibility index (Phi) is 6.65. The summed E-state index contributed by atoms with van der Waals surface area (Å²) in [6.07, 6.45) is 3.37. The van der Waals surface area contributed by atoms with Gasteiger partial charge in [-0.3, -0.25) is 4.99 Å². The number of aliphatic imine (C=N–C) groups is 1. The third kappa shape index (κ3) is 5.74. The van der Waals surface area contributed by atoms with Gasteiger partial charge in [-0.1, -0.05) is 31.8 Å². The molecule has 0 bridgehead atoms. The van der Waals surface area contributed by atoms with Gasteiger partial charge in [-0.2, -0.15) is 5.10 Å². The lowest BCUT2D eigenvalue weighted by Gasteiger charge is -2.33. The molecule has 1 aromatic carbocycles. The molecule has 0 amide bonds. The number of ether oxygens (including phenoxy) is 2. The monoisotopic (exact) mass is 401 g/mol. The zero-order valence-electron chi connectivity index (χ0n) is 16.6. The maximum absolute atomic E-state index is 13.0. The Morgan fingerprint density at radius 2 is 2.07 bits per heavy atom. The summed E-state index contributed by atoms with van der Waals surface area (Å²) >= 11 is 0. The van der Waals surface area contributed by atoms with Crippen molar-refractivity contribution in [2.75, 3.05) is 19.8 Å². The predicted octanol–water partition coefficient (Wildman–Crippen LogP) is 2.61. The van der Waals surface area contributed by atoms with Gasteiger partial charge in [0.15, 0.2) is 11.3 Å². The van der Waals surface area contributed by atoms with Crippen LogP contribution >= 0.6 is 0 Å². The molecule has 1 saturated heterocycles. The molecule has 28 heavy (non-hydrogen) atoms. The van der Waals surface area contributed by atoms with E-state index in [4.69, 9.17) is 15.3 Å². The maximum atomic E-state index is 13.0. The highest BCUT2D eigenvalue weighted by Gasteiger charge is 2.28. The van der Waals surface area contributed by atoms with Gasteiger partial charge in [-0.15, -0.1) is 0 Å². The molecule has 1 atom stereocenters. The molecule has 7 heteroatoms. The smallest absolute Gasteiger partial charge is 0.176 e. The van der Waals surface area contributed by atoms with Gasteiger partial charge < -0.3 is 15.3 Å². The van der Waals surface area contributed by atoms with Gasteiger partial charge in [0.25, 0.3) is 0 Å². The zero-order valence-corrected chi connectivity index (χ0v) is 17.4. The van der Waals surface area contributed by atoms with Crippen molar-refractivity contribution in [2.24, 2.45) is 27.3 Å². The summed E-state index contributed by atoms with van der Waals surface area (Å²) in [6.45, 7) is 7.61. The minimum absolute atomic E-state index is 0.0104. The molecule has 3 rings (SSSR count). The van der Waals surface area contributed by atoms with E-state index in [0.29, 0.717) is 30.6 Å². The van der Waals surface area contributed by atoms with Crippen molar-refractivity contribution in [3.05, 3.63) is 29.3 Å². The van der Waals surface area contributed by atoms with Crippen LogP contribution in [0, 0.1) is 30.1 Å². The Labute approximate surface area is 169 Å². The Morgan fingerprint density at radius 1 is 1.36 bits per heavy atom. The molecule has 1 unspecified atom stereocenters. The Hall–Kier alpha value is -2.01. The van der Waals surface area contributed by atoms with Crippen molar-refractivity contribution >= 4 is 22.1 Å². The molecule has 1 aliphatic heterocycles. The van der Waals surface area contributed by atoms with E-state index in [0.717, 1.165) is 11.1 Å². The first kappa shape index (κ1) is 20.7. The molecule has 1 saturated carbocycles. The average Bonchev–Trinajstić information content (AvgIpc) is 3.50. The van der Waals surface area contributed by atoms with E-state index in [1.807, 2.05) is 25.1 Å². The highest BCUT2D eigenvalue weighted by Crippen LogP contribution is 2.27. The topological polar surface area (TPSA) is 86.3 Å². The Balaban J connectivity index is 1.65. The number of hydrazone groups is 1. The third-order valence-electron chi connectivity index (χ3n) is 4.48. The lowest BCUT2D eigenvalue weighted by Crippen LogP contribution is -2.39. The number of benzene rings is 1. The SMILES string of the molecule is Cc1ccc(C#CC2CC2)cc1S(=O)/C(C=NCC1OCC(C)(C)CO1)=N/N. The van der Waals surface area contributed by atoms with Gasteiger partial charge in [0.2, 0.25) is 0 Å². The first-order valence-electron chi connectivity index (χ1n) is 9.43. The van der Waals surface area contributed by atoms with Gasteiger partial charge in [-0.05, 0) is 37.5 Å². The maximum Gasteiger partial charge on any atom is 0.176 e. The number of aryl methyl sites for hydroxylation is 1. The number of nitrogens with two attached hydrogens (primary N) is 1. The molecular weight excluding hydrogens is 374 g/mol. The minimum atomic E-state index is -1.53. The largest absolute Gasteiger partial charge is 0.350 e. The second kappa shape index (κ2) is 8.99. The quantitative estimate of drug-likeness (QED) is 0.276. The van der Waals surface area contributed by atoms with E-state index in [1.165, 1.54) is 19.1 Å². The van der Waals surface area contributed by atoms with Crippen LogP contribution in [0.5, 0.6) is 0 Å². The van der Waals surface area contributed by atoms with E-state index in [1.54, 1.807) is 0 Å². The lowest BCUT2D eigenvalue weighted by molar-refractivity contribution is -0.215. The second-order valence-electron chi connectivity index (χ2n) is 7.97. The van der Waals surface area contributed by atoms with Crippen molar-refractivity contribution < 1.29 is 13.7 Å². The van der Waals surface area contributed by atoms with E-state index < -0.39 is 17.1 Å². The van der Waals surface area contributed by atoms with Crippen molar-refractivity contribution in [2.45, 2.75) is 44.8 Å². The van der Waals surface area contributed by atoms with Crippen LogP contribution in [-0.4, -0.2) is 41.5 Å². The first-order valence-corrected chi connectivity index (χ1v) is 10.6. The van der Waals surface area contributed by atoms with Gasteiger partial charge in [0.1, 0.15) is 10.8 Å². The fraction of sp³-hybridized carbons (Fsp3) is 0.524. The van der Waals surface area contributed by atoms with Crippen LogP contribution in [0.2, 0.25) is 0 Å². The fourth-order valence-corrected chi connectivity index (χ4v) is 3.67. The van der Waals surface area contributed by atoms with E-state index >= 15 is 0 Å². The zero-order chi connectivity index (χ0) is 20.1. The third-order valence-corrected chi connectivity index (χ3v) is 5.91. The number of rotatable bonds is 4.